The van der Waals surface area contributed by atoms with Crippen LogP contribution in [0, 0.1) is 5.41 Å². The van der Waals surface area contributed by atoms with Crippen LogP contribution in [0.2, 0.25) is 0 Å². The highest BCUT2D eigenvalue weighted by molar-refractivity contribution is 4.89. The van der Waals surface area contributed by atoms with Crippen molar-refractivity contribution in [2.24, 2.45) is 5.41 Å². The van der Waals surface area contributed by atoms with Gasteiger partial charge >= 0.3 is 0 Å². The van der Waals surface area contributed by atoms with Crippen molar-refractivity contribution < 1.29 is 5.11 Å². The number of hydrogen-bond acceptors (Lipinski definition) is 1. The summed E-state index contributed by atoms with van der Waals surface area (Å²) in [6, 6.07) is 0. The second kappa shape index (κ2) is 5.36. The van der Waals surface area contributed by atoms with Gasteiger partial charge in [-0.2, -0.15) is 0 Å². The Bertz CT molecular complexity index is 134. The van der Waals surface area contributed by atoms with Crippen LogP contribution in [-0.2, 0) is 0 Å². The van der Waals surface area contributed by atoms with Crippen LogP contribution < -0.4 is 0 Å². The first-order valence-corrected chi connectivity index (χ1v) is 4.83. The third-order valence-corrected chi connectivity index (χ3v) is 2.40. The molecule has 0 radical (unpaired) electrons. The molecule has 0 aromatic heterocycles. The zero-order chi connectivity index (χ0) is 9.61. The molecule has 1 atom stereocenters. The van der Waals surface area contributed by atoms with Gasteiger partial charge in [-0.15, -0.1) is 0 Å². The zero-order valence-corrected chi connectivity index (χ0v) is 8.80. The van der Waals surface area contributed by atoms with Crippen LogP contribution in [0.3, 0.4) is 0 Å². The average Bonchev–Trinajstić information content (AvgIpc) is 1.98. The lowest BCUT2D eigenvalue weighted by molar-refractivity contribution is 0.0684. The molecule has 0 aliphatic carbocycles. The molecule has 0 saturated carbocycles. The van der Waals surface area contributed by atoms with Gasteiger partial charge in [0, 0.05) is 0 Å². The van der Waals surface area contributed by atoms with Crippen molar-refractivity contribution >= 4 is 0 Å². The Hall–Kier alpha value is -0.300. The van der Waals surface area contributed by atoms with E-state index in [0.717, 1.165) is 12.8 Å². The normalized spacial score (nSPS) is 15.4. The molecule has 0 aliphatic heterocycles. The quantitative estimate of drug-likeness (QED) is 0.628. The molecule has 0 saturated heterocycles. The summed E-state index contributed by atoms with van der Waals surface area (Å²) in [4.78, 5) is 0. The van der Waals surface area contributed by atoms with Crippen LogP contribution >= 0.6 is 0 Å². The lowest BCUT2D eigenvalue weighted by Crippen LogP contribution is -2.25. The largest absolute Gasteiger partial charge is 0.393 e. The van der Waals surface area contributed by atoms with Gasteiger partial charge in [0.2, 0.25) is 0 Å². The van der Waals surface area contributed by atoms with Crippen LogP contribution in [0.15, 0.2) is 12.2 Å². The molecule has 0 amide bonds. The Morgan fingerprint density at radius 3 is 2.33 bits per heavy atom. The van der Waals surface area contributed by atoms with Crippen molar-refractivity contribution in [3.05, 3.63) is 12.2 Å². The molecule has 0 aromatic rings. The van der Waals surface area contributed by atoms with Gasteiger partial charge in [-0.05, 0) is 25.2 Å². The predicted octanol–water partition coefficient (Wildman–Crippen LogP) is 3.14. The third-order valence-electron chi connectivity index (χ3n) is 2.40. The Kier molecular flexibility index (Phi) is 5.23. The summed E-state index contributed by atoms with van der Waals surface area (Å²) in [5.74, 6) is 0. The summed E-state index contributed by atoms with van der Waals surface area (Å²) in [7, 11) is 0. The van der Waals surface area contributed by atoms with E-state index in [0.29, 0.717) is 0 Å². The fourth-order valence-corrected chi connectivity index (χ4v) is 0.842. The van der Waals surface area contributed by atoms with E-state index in [9.17, 15) is 5.11 Å². The molecule has 0 aromatic carbocycles. The van der Waals surface area contributed by atoms with Crippen molar-refractivity contribution in [3.63, 3.8) is 0 Å². The van der Waals surface area contributed by atoms with Crippen molar-refractivity contribution in [2.75, 3.05) is 0 Å². The number of rotatable bonds is 5. The van der Waals surface area contributed by atoms with Crippen molar-refractivity contribution in [3.8, 4) is 0 Å². The van der Waals surface area contributed by atoms with Gasteiger partial charge in [-0.3, -0.25) is 0 Å². The number of aliphatic hydroxyl groups excluding tert-OH is 1. The molecule has 12 heavy (non-hydrogen) atoms. The molecule has 1 heteroatoms. The first-order valence-electron chi connectivity index (χ1n) is 4.83. The number of hydrogen-bond donors (Lipinski definition) is 1. The maximum absolute atomic E-state index is 9.40. The summed E-state index contributed by atoms with van der Waals surface area (Å²) in [5.41, 5.74) is 0.0181. The van der Waals surface area contributed by atoms with Crippen molar-refractivity contribution in [1.82, 2.24) is 0 Å². The fourth-order valence-electron chi connectivity index (χ4n) is 0.842. The molecule has 0 spiro atoms. The number of unbranched alkanes of at least 4 members (excludes halogenated alkanes) is 1. The molecule has 0 aliphatic rings. The molecule has 1 unspecified atom stereocenters. The van der Waals surface area contributed by atoms with Gasteiger partial charge in [-0.1, -0.05) is 39.3 Å². The summed E-state index contributed by atoms with van der Waals surface area (Å²) in [6.45, 7) is 8.21. The highest BCUT2D eigenvalue weighted by Crippen LogP contribution is 2.25. The van der Waals surface area contributed by atoms with Crippen LogP contribution in [0.1, 0.15) is 47.0 Å². The highest BCUT2D eigenvalue weighted by Gasteiger charge is 2.21. The Balaban J connectivity index is 3.75. The summed E-state index contributed by atoms with van der Waals surface area (Å²) < 4.78 is 0. The van der Waals surface area contributed by atoms with Gasteiger partial charge < -0.3 is 5.11 Å². The Labute approximate surface area is 76.5 Å². The van der Waals surface area contributed by atoms with E-state index in [1.807, 2.05) is 6.92 Å². The van der Waals surface area contributed by atoms with Gasteiger partial charge in [0.25, 0.3) is 0 Å². The molecular formula is C11H22O. The van der Waals surface area contributed by atoms with E-state index in [2.05, 4.69) is 32.9 Å². The minimum absolute atomic E-state index is 0.0181. The van der Waals surface area contributed by atoms with E-state index < -0.39 is 0 Å². The number of allylic oxidation sites excluding steroid dienone is 2. The summed E-state index contributed by atoms with van der Waals surface area (Å²) >= 11 is 0. The lowest BCUT2D eigenvalue weighted by atomic mass is 9.84. The van der Waals surface area contributed by atoms with Gasteiger partial charge in [0.1, 0.15) is 0 Å². The zero-order valence-electron chi connectivity index (χ0n) is 8.80. The molecule has 0 heterocycles. The second-order valence-electron chi connectivity index (χ2n) is 4.13. The minimum atomic E-state index is -0.233. The Morgan fingerprint density at radius 2 is 1.92 bits per heavy atom. The fraction of sp³-hybridized carbons (Fsp3) is 0.818. The summed E-state index contributed by atoms with van der Waals surface area (Å²) in [6.07, 6.45) is 7.45. The molecular weight excluding hydrogens is 148 g/mol. The third kappa shape index (κ3) is 4.55. The molecule has 0 rings (SSSR count). The molecule has 1 N–H and O–H groups in total. The molecule has 1 nitrogen and oxygen atoms in total. The van der Waals surface area contributed by atoms with Gasteiger partial charge in [-0.25, -0.2) is 0 Å². The average molecular weight is 170 g/mol. The summed E-state index contributed by atoms with van der Waals surface area (Å²) in [5, 5.41) is 9.40. The molecule has 72 valence electrons. The van der Waals surface area contributed by atoms with Gasteiger partial charge in [0.05, 0.1) is 6.10 Å². The van der Waals surface area contributed by atoms with E-state index in [1.165, 1.54) is 6.42 Å². The maximum atomic E-state index is 9.40. The van der Waals surface area contributed by atoms with Crippen LogP contribution in [-0.4, -0.2) is 11.2 Å². The first kappa shape index (κ1) is 11.7. The molecule has 0 bridgehead atoms. The highest BCUT2D eigenvalue weighted by atomic mass is 16.3. The van der Waals surface area contributed by atoms with Crippen LogP contribution in [0.5, 0.6) is 0 Å². The SMILES string of the molecule is CCC/C=C/CC(C)(C)C(C)O. The van der Waals surface area contributed by atoms with E-state index in [-0.39, 0.29) is 11.5 Å². The smallest absolute Gasteiger partial charge is 0.0565 e. The number of aliphatic hydroxyl groups is 1. The predicted molar refractivity (Wildman–Crippen MR) is 54.1 cm³/mol. The maximum Gasteiger partial charge on any atom is 0.0565 e. The van der Waals surface area contributed by atoms with E-state index in [4.69, 9.17) is 0 Å². The van der Waals surface area contributed by atoms with Crippen LogP contribution in [0.25, 0.3) is 0 Å². The van der Waals surface area contributed by atoms with Crippen LogP contribution in [0.4, 0.5) is 0 Å². The minimum Gasteiger partial charge on any atom is -0.393 e. The lowest BCUT2D eigenvalue weighted by Gasteiger charge is -2.26. The van der Waals surface area contributed by atoms with Crippen molar-refractivity contribution in [1.29, 1.82) is 0 Å². The van der Waals surface area contributed by atoms with E-state index in [1.54, 1.807) is 0 Å². The Morgan fingerprint density at radius 1 is 1.33 bits per heavy atom. The topological polar surface area (TPSA) is 20.2 Å². The second-order valence-corrected chi connectivity index (χ2v) is 4.13. The van der Waals surface area contributed by atoms with Gasteiger partial charge in [0.15, 0.2) is 0 Å². The molecule has 0 fully saturated rings. The monoisotopic (exact) mass is 170 g/mol. The standard InChI is InChI=1S/C11H22O/c1-5-6-7-8-9-11(3,4)10(2)12/h7-8,10,12H,5-6,9H2,1-4H3/b8-7+. The van der Waals surface area contributed by atoms with E-state index >= 15 is 0 Å². The van der Waals surface area contributed by atoms with Crippen molar-refractivity contribution in [2.45, 2.75) is 53.1 Å². The first-order chi connectivity index (χ1) is 5.50.